The number of hydrogen-bond acceptors (Lipinski definition) is 8. The van der Waals surface area contributed by atoms with Gasteiger partial charge in [-0.15, -0.1) is 11.3 Å². The molecule has 5 rings (SSSR count). The molecule has 0 bridgehead atoms. The van der Waals surface area contributed by atoms with Crippen molar-refractivity contribution < 1.29 is 23.8 Å². The summed E-state index contributed by atoms with van der Waals surface area (Å²) in [6.07, 6.45) is 0. The maximum atomic E-state index is 13.9. The van der Waals surface area contributed by atoms with Crippen LogP contribution in [0, 0.1) is 0 Å². The molecule has 0 fully saturated rings. The molecule has 8 nitrogen and oxygen atoms in total. The van der Waals surface area contributed by atoms with Gasteiger partial charge in [0.05, 0.1) is 43.5 Å². The highest BCUT2D eigenvalue weighted by molar-refractivity contribution is 7.22. The summed E-state index contributed by atoms with van der Waals surface area (Å²) in [5, 5.41) is 5.41. The Morgan fingerprint density at radius 2 is 1.83 bits per heavy atom. The number of amides is 2. The van der Waals surface area contributed by atoms with E-state index in [4.69, 9.17) is 14.2 Å². The number of anilines is 1. The van der Waals surface area contributed by atoms with Gasteiger partial charge in [-0.3, -0.25) is 9.59 Å². The van der Waals surface area contributed by atoms with Crippen molar-refractivity contribution in [1.82, 2.24) is 9.88 Å². The van der Waals surface area contributed by atoms with Crippen molar-refractivity contribution in [2.24, 2.45) is 0 Å². The van der Waals surface area contributed by atoms with Gasteiger partial charge in [-0.2, -0.15) is 0 Å². The van der Waals surface area contributed by atoms with Crippen molar-refractivity contribution in [3.8, 4) is 17.2 Å². The molecular formula is C25H23N3O5S2. The topological polar surface area (TPSA) is 90.0 Å². The zero-order valence-corrected chi connectivity index (χ0v) is 21.2. The van der Waals surface area contributed by atoms with Gasteiger partial charge >= 0.3 is 0 Å². The molecule has 2 aromatic carbocycles. The first-order chi connectivity index (χ1) is 16.9. The maximum Gasteiger partial charge on any atom is 0.254 e. The molecule has 0 saturated heterocycles. The van der Waals surface area contributed by atoms with Crippen LogP contribution in [0.25, 0.3) is 10.2 Å². The van der Waals surface area contributed by atoms with Crippen LogP contribution in [0.3, 0.4) is 0 Å². The normalized spacial score (nSPS) is 17.3. The van der Waals surface area contributed by atoms with Crippen LogP contribution in [0.1, 0.15) is 32.8 Å². The fourth-order valence-corrected chi connectivity index (χ4v) is 6.22. The van der Waals surface area contributed by atoms with Crippen LogP contribution in [0.15, 0.2) is 47.8 Å². The number of hydrogen-bond donors (Lipinski definition) is 1. The highest BCUT2D eigenvalue weighted by atomic mass is 32.1. The number of thiazole rings is 1. The molecule has 3 heterocycles. The third-order valence-corrected chi connectivity index (χ3v) is 7.99. The van der Waals surface area contributed by atoms with Crippen LogP contribution in [-0.4, -0.2) is 50.1 Å². The number of carbonyl (C=O) groups excluding carboxylic acids is 2. The van der Waals surface area contributed by atoms with Gasteiger partial charge < -0.3 is 24.4 Å². The quantitative estimate of drug-likeness (QED) is 0.396. The van der Waals surface area contributed by atoms with Crippen molar-refractivity contribution in [3.63, 3.8) is 0 Å². The van der Waals surface area contributed by atoms with Crippen molar-refractivity contribution in [2.75, 3.05) is 33.7 Å². The van der Waals surface area contributed by atoms with Crippen LogP contribution in [0.2, 0.25) is 0 Å². The average molecular weight is 510 g/mol. The third kappa shape index (κ3) is 3.98. The first-order valence-electron chi connectivity index (χ1n) is 10.8. The first kappa shape index (κ1) is 23.1. The van der Waals surface area contributed by atoms with Crippen LogP contribution < -0.4 is 19.5 Å². The van der Waals surface area contributed by atoms with Crippen molar-refractivity contribution in [2.45, 2.75) is 12.0 Å². The standard InChI is InChI=1S/C25H23N3O5S2/c1-28-22(19-6-5-9-34-19)21(14-11-17(32-3)18(33-4)12-15(14)24(28)30)23(29)27-25-26-16-8-7-13(31-2)10-20(16)35-25/h5-12,21-22H,1-4H3,(H,26,27,29)/t21-,22-/m1/s1. The number of nitrogens with zero attached hydrogens (tertiary/aromatic N) is 2. The Balaban J connectivity index is 1.60. The average Bonchev–Trinajstić information content (AvgIpc) is 3.54. The fourth-order valence-electron chi connectivity index (χ4n) is 4.42. The molecule has 180 valence electrons. The summed E-state index contributed by atoms with van der Waals surface area (Å²) < 4.78 is 17.1. The lowest BCUT2D eigenvalue weighted by molar-refractivity contribution is -0.119. The number of aromatic nitrogens is 1. The minimum atomic E-state index is -0.687. The van der Waals surface area contributed by atoms with Gasteiger partial charge in [-0.1, -0.05) is 17.4 Å². The minimum absolute atomic E-state index is 0.185. The van der Waals surface area contributed by atoms with E-state index in [0.29, 0.717) is 27.8 Å². The van der Waals surface area contributed by atoms with Crippen molar-refractivity contribution in [1.29, 1.82) is 0 Å². The molecule has 0 aliphatic carbocycles. The molecule has 1 aliphatic rings. The summed E-state index contributed by atoms with van der Waals surface area (Å²) in [4.78, 5) is 34.3. The summed E-state index contributed by atoms with van der Waals surface area (Å²) in [5.41, 5.74) is 1.76. The number of rotatable bonds is 6. The SMILES string of the molecule is COc1ccc2nc(NC(=O)[C@@H]3c4cc(OC)c(OC)cc4C(=O)N(C)[C@@H]3c3cccs3)sc2c1. The number of nitrogens with one attached hydrogen (secondary N) is 1. The molecule has 0 saturated carbocycles. The Kier molecular flexibility index (Phi) is 6.08. The number of ether oxygens (including phenoxy) is 3. The maximum absolute atomic E-state index is 13.9. The van der Waals surface area contributed by atoms with Gasteiger partial charge in [-0.05, 0) is 47.3 Å². The molecule has 1 N–H and O–H groups in total. The van der Waals surface area contributed by atoms with Gasteiger partial charge in [-0.25, -0.2) is 4.98 Å². The Morgan fingerprint density at radius 1 is 1.06 bits per heavy atom. The van der Waals surface area contributed by atoms with E-state index < -0.39 is 12.0 Å². The molecule has 0 unspecified atom stereocenters. The summed E-state index contributed by atoms with van der Waals surface area (Å²) >= 11 is 2.87. The van der Waals surface area contributed by atoms with Crippen LogP contribution in [0.5, 0.6) is 17.2 Å². The number of thiophene rings is 1. The Labute approximate surface area is 210 Å². The van der Waals surface area contributed by atoms with E-state index in [9.17, 15) is 9.59 Å². The second kappa shape index (κ2) is 9.20. The molecule has 2 aromatic heterocycles. The van der Waals surface area contributed by atoms with Gasteiger partial charge in [0.1, 0.15) is 5.75 Å². The van der Waals surface area contributed by atoms with E-state index in [1.165, 1.54) is 36.9 Å². The zero-order chi connectivity index (χ0) is 24.7. The molecule has 35 heavy (non-hydrogen) atoms. The first-order valence-corrected chi connectivity index (χ1v) is 12.5. The monoisotopic (exact) mass is 509 g/mol. The summed E-state index contributed by atoms with van der Waals surface area (Å²) in [7, 11) is 6.37. The van der Waals surface area contributed by atoms with Crippen LogP contribution >= 0.6 is 22.7 Å². The third-order valence-electron chi connectivity index (χ3n) is 6.12. The molecule has 0 radical (unpaired) electrons. The van der Waals surface area contributed by atoms with Crippen LogP contribution in [0.4, 0.5) is 5.13 Å². The van der Waals surface area contributed by atoms with Crippen LogP contribution in [-0.2, 0) is 4.79 Å². The van der Waals surface area contributed by atoms with E-state index >= 15 is 0 Å². The number of methoxy groups -OCH3 is 3. The summed E-state index contributed by atoms with van der Waals surface area (Å²) in [5.74, 6) is 0.477. The second-order valence-electron chi connectivity index (χ2n) is 7.99. The highest BCUT2D eigenvalue weighted by Crippen LogP contribution is 2.47. The molecule has 2 amide bonds. The lowest BCUT2D eigenvalue weighted by atomic mass is 9.81. The number of likely N-dealkylation sites (N-methyl/N-ethyl adjacent to an activating group) is 1. The molecule has 10 heteroatoms. The smallest absolute Gasteiger partial charge is 0.254 e. The van der Waals surface area contributed by atoms with Crippen molar-refractivity contribution >= 4 is 49.8 Å². The van der Waals surface area contributed by atoms with Crippen molar-refractivity contribution in [3.05, 3.63) is 63.8 Å². The number of fused-ring (bicyclic) bond motifs is 2. The Hall–Kier alpha value is -3.63. The van der Waals surface area contributed by atoms with E-state index in [1.807, 2.05) is 35.7 Å². The predicted octanol–water partition coefficient (Wildman–Crippen LogP) is 4.93. The number of carbonyl (C=O) groups is 2. The van der Waals surface area contributed by atoms with Gasteiger partial charge in [0.25, 0.3) is 5.91 Å². The minimum Gasteiger partial charge on any atom is -0.497 e. The van der Waals surface area contributed by atoms with E-state index in [0.717, 1.165) is 20.8 Å². The summed E-state index contributed by atoms with van der Waals surface area (Å²) in [6.45, 7) is 0. The van der Waals surface area contributed by atoms with Gasteiger partial charge in [0.2, 0.25) is 5.91 Å². The molecule has 4 aromatic rings. The van der Waals surface area contributed by atoms with E-state index in [-0.39, 0.29) is 11.8 Å². The highest BCUT2D eigenvalue weighted by Gasteiger charge is 2.44. The zero-order valence-electron chi connectivity index (χ0n) is 19.5. The molecular weight excluding hydrogens is 486 g/mol. The lowest BCUT2D eigenvalue weighted by Gasteiger charge is -2.39. The van der Waals surface area contributed by atoms with E-state index in [1.54, 1.807) is 31.2 Å². The van der Waals surface area contributed by atoms with Gasteiger partial charge in [0, 0.05) is 17.5 Å². The number of benzene rings is 2. The Bertz CT molecular complexity index is 1420. The molecule has 2 atom stereocenters. The molecule has 1 aliphatic heterocycles. The summed E-state index contributed by atoms with van der Waals surface area (Å²) in [6, 6.07) is 12.3. The largest absolute Gasteiger partial charge is 0.497 e. The fraction of sp³-hybridized carbons (Fsp3) is 0.240. The van der Waals surface area contributed by atoms with E-state index in [2.05, 4.69) is 10.3 Å². The lowest BCUT2D eigenvalue weighted by Crippen LogP contribution is -2.43. The second-order valence-corrected chi connectivity index (χ2v) is 10.0. The van der Waals surface area contributed by atoms with Gasteiger partial charge in [0.15, 0.2) is 16.6 Å². The Morgan fingerprint density at radius 3 is 2.51 bits per heavy atom. The predicted molar refractivity (Wildman–Crippen MR) is 136 cm³/mol. The molecule has 0 spiro atoms.